The maximum Gasteiger partial charge on any atom is 0.119 e. The third-order valence-electron chi connectivity index (χ3n) is 6.25. The number of nitrogens with one attached hydrogen (secondary N) is 1. The van der Waals surface area contributed by atoms with E-state index in [2.05, 4.69) is 51.6 Å². The zero-order valence-electron chi connectivity index (χ0n) is 16.5. The summed E-state index contributed by atoms with van der Waals surface area (Å²) in [7, 11) is 0. The van der Waals surface area contributed by atoms with E-state index in [-0.39, 0.29) is 6.61 Å². The summed E-state index contributed by atoms with van der Waals surface area (Å²) in [6.07, 6.45) is 6.30. The van der Waals surface area contributed by atoms with Gasteiger partial charge < -0.3 is 15.2 Å². The first-order valence-corrected chi connectivity index (χ1v) is 10.5. The predicted octanol–water partition coefficient (Wildman–Crippen LogP) is 3.68. The van der Waals surface area contributed by atoms with Gasteiger partial charge >= 0.3 is 0 Å². The second-order valence-corrected chi connectivity index (χ2v) is 8.21. The number of ether oxygens (including phenoxy) is 1. The van der Waals surface area contributed by atoms with Crippen molar-refractivity contribution >= 4 is 16.5 Å². The first kappa shape index (κ1) is 18.4. The van der Waals surface area contributed by atoms with Crippen molar-refractivity contribution in [2.45, 2.75) is 31.5 Å². The number of aromatic nitrogens is 1. The minimum atomic E-state index is 0.0394. The van der Waals surface area contributed by atoms with Crippen LogP contribution in [0.25, 0.3) is 10.8 Å². The fraction of sp³-hybridized carbons (Fsp3) is 0.375. The number of hydrogen-bond donors (Lipinski definition) is 2. The summed E-state index contributed by atoms with van der Waals surface area (Å²) in [5, 5.41) is 15.2. The van der Waals surface area contributed by atoms with Crippen LogP contribution in [0.1, 0.15) is 18.4 Å². The Bertz CT molecular complexity index is 987. The van der Waals surface area contributed by atoms with Gasteiger partial charge in [-0.05, 0) is 48.6 Å². The van der Waals surface area contributed by atoms with E-state index in [1.165, 1.54) is 41.4 Å². The van der Waals surface area contributed by atoms with E-state index in [9.17, 15) is 0 Å². The van der Waals surface area contributed by atoms with E-state index in [1.807, 2.05) is 24.5 Å². The van der Waals surface area contributed by atoms with E-state index in [4.69, 9.17) is 9.84 Å². The first-order chi connectivity index (χ1) is 14.3. The third-order valence-corrected chi connectivity index (χ3v) is 6.25. The smallest absolute Gasteiger partial charge is 0.119 e. The SMILES string of the molecule is OCCOc1cccc(CN2C[C@H]3C[C@H](Nc4cccc5cnccc45)[C@@H]2C3)c1. The summed E-state index contributed by atoms with van der Waals surface area (Å²) < 4.78 is 5.58. The second-order valence-electron chi connectivity index (χ2n) is 8.21. The third kappa shape index (κ3) is 3.80. The number of anilines is 1. The molecular formula is C24H27N3O2. The highest BCUT2D eigenvalue weighted by atomic mass is 16.5. The van der Waals surface area contributed by atoms with Crippen LogP contribution in [0.5, 0.6) is 5.75 Å². The second kappa shape index (κ2) is 8.01. The zero-order chi connectivity index (χ0) is 19.6. The Morgan fingerprint density at radius 2 is 2.07 bits per heavy atom. The van der Waals surface area contributed by atoms with Gasteiger partial charge in [0.25, 0.3) is 0 Å². The molecule has 5 nitrogen and oxygen atoms in total. The molecule has 0 radical (unpaired) electrons. The summed E-state index contributed by atoms with van der Waals surface area (Å²) in [4.78, 5) is 6.86. The molecule has 29 heavy (non-hydrogen) atoms. The molecule has 3 atom stereocenters. The Morgan fingerprint density at radius 3 is 2.97 bits per heavy atom. The molecule has 5 rings (SSSR count). The Kier molecular flexibility index (Phi) is 5.08. The molecule has 2 aromatic carbocycles. The maximum atomic E-state index is 8.97. The molecule has 2 aliphatic rings. The Hall–Kier alpha value is -2.63. The number of fused-ring (bicyclic) bond motifs is 3. The molecule has 0 amide bonds. The number of hydrogen-bond acceptors (Lipinski definition) is 5. The number of piperidine rings is 1. The Labute approximate surface area is 171 Å². The van der Waals surface area contributed by atoms with Crippen molar-refractivity contribution in [3.05, 3.63) is 66.5 Å². The fourth-order valence-corrected chi connectivity index (χ4v) is 5.05. The van der Waals surface area contributed by atoms with Gasteiger partial charge in [-0.1, -0.05) is 24.3 Å². The Balaban J connectivity index is 1.30. The molecule has 1 aliphatic carbocycles. The van der Waals surface area contributed by atoms with Crippen LogP contribution in [-0.2, 0) is 6.54 Å². The van der Waals surface area contributed by atoms with Crippen molar-refractivity contribution in [1.29, 1.82) is 0 Å². The van der Waals surface area contributed by atoms with Gasteiger partial charge in [-0.3, -0.25) is 9.88 Å². The number of pyridine rings is 1. The van der Waals surface area contributed by atoms with Crippen LogP contribution in [0.3, 0.4) is 0 Å². The predicted molar refractivity (Wildman–Crippen MR) is 115 cm³/mol. The van der Waals surface area contributed by atoms with Gasteiger partial charge in [0.1, 0.15) is 12.4 Å². The van der Waals surface area contributed by atoms with Gasteiger partial charge in [0.2, 0.25) is 0 Å². The molecule has 1 saturated carbocycles. The molecule has 5 heteroatoms. The standard InChI is InChI=1S/C24H27N3O2/c28-9-10-29-20-5-1-3-17(11-20)15-27-16-18-12-23(24(27)13-18)26-22-6-2-4-19-14-25-8-7-21(19)22/h1-8,11,14,18,23-24,26,28H,9-10,12-13,15-16H2/t18-,23-,24-/m0/s1. The minimum absolute atomic E-state index is 0.0394. The lowest BCUT2D eigenvalue weighted by Gasteiger charge is -2.34. The molecule has 0 unspecified atom stereocenters. The van der Waals surface area contributed by atoms with Crippen molar-refractivity contribution in [3.63, 3.8) is 0 Å². The van der Waals surface area contributed by atoms with Gasteiger partial charge in [-0.2, -0.15) is 0 Å². The molecule has 1 aromatic heterocycles. The van der Waals surface area contributed by atoms with Gasteiger partial charge in [0.05, 0.1) is 6.61 Å². The number of aliphatic hydroxyl groups excluding tert-OH is 1. The largest absolute Gasteiger partial charge is 0.491 e. The number of likely N-dealkylation sites (tertiary alicyclic amines) is 1. The van der Waals surface area contributed by atoms with Gasteiger partial charge in [-0.15, -0.1) is 0 Å². The summed E-state index contributed by atoms with van der Waals surface area (Å²) in [5.41, 5.74) is 2.48. The zero-order valence-corrected chi connectivity index (χ0v) is 16.5. The lowest BCUT2D eigenvalue weighted by Crippen LogP contribution is -2.44. The molecule has 150 valence electrons. The molecule has 3 aromatic rings. The van der Waals surface area contributed by atoms with E-state index in [1.54, 1.807) is 0 Å². The monoisotopic (exact) mass is 389 g/mol. The lowest BCUT2D eigenvalue weighted by atomic mass is 10.0. The van der Waals surface area contributed by atoms with E-state index >= 15 is 0 Å². The van der Waals surface area contributed by atoms with Crippen LogP contribution < -0.4 is 10.1 Å². The van der Waals surface area contributed by atoms with Crippen molar-refractivity contribution in [2.24, 2.45) is 5.92 Å². The van der Waals surface area contributed by atoms with Crippen LogP contribution in [0, 0.1) is 5.92 Å². The summed E-state index contributed by atoms with van der Waals surface area (Å²) in [6, 6.07) is 17.8. The average Bonchev–Trinajstić information content (AvgIpc) is 3.33. The molecule has 2 bridgehead atoms. The molecule has 0 spiro atoms. The number of aliphatic hydroxyl groups is 1. The van der Waals surface area contributed by atoms with Crippen molar-refractivity contribution in [1.82, 2.24) is 9.88 Å². The molecule has 1 aliphatic heterocycles. The maximum absolute atomic E-state index is 8.97. The molecule has 2 N–H and O–H groups in total. The molecule has 2 fully saturated rings. The van der Waals surface area contributed by atoms with Gasteiger partial charge in [0.15, 0.2) is 0 Å². The fourth-order valence-electron chi connectivity index (χ4n) is 5.05. The summed E-state index contributed by atoms with van der Waals surface area (Å²) in [5.74, 6) is 1.60. The van der Waals surface area contributed by atoms with Gasteiger partial charge in [0, 0.05) is 54.0 Å². The summed E-state index contributed by atoms with van der Waals surface area (Å²) in [6.45, 7) is 2.49. The average molecular weight is 389 g/mol. The molecule has 1 saturated heterocycles. The number of benzene rings is 2. The van der Waals surface area contributed by atoms with Crippen LogP contribution in [-0.4, -0.2) is 46.8 Å². The summed E-state index contributed by atoms with van der Waals surface area (Å²) >= 11 is 0. The van der Waals surface area contributed by atoms with Crippen molar-refractivity contribution in [2.75, 3.05) is 25.1 Å². The highest BCUT2D eigenvalue weighted by Gasteiger charge is 2.44. The highest BCUT2D eigenvalue weighted by molar-refractivity contribution is 5.93. The number of rotatable bonds is 7. The Morgan fingerprint density at radius 1 is 1.14 bits per heavy atom. The van der Waals surface area contributed by atoms with E-state index < -0.39 is 0 Å². The topological polar surface area (TPSA) is 57.6 Å². The minimum Gasteiger partial charge on any atom is -0.491 e. The van der Waals surface area contributed by atoms with Crippen LogP contribution in [0.2, 0.25) is 0 Å². The van der Waals surface area contributed by atoms with Crippen LogP contribution >= 0.6 is 0 Å². The van der Waals surface area contributed by atoms with Crippen molar-refractivity contribution in [3.8, 4) is 5.75 Å². The highest BCUT2D eigenvalue weighted by Crippen LogP contribution is 2.40. The first-order valence-electron chi connectivity index (χ1n) is 10.5. The lowest BCUT2D eigenvalue weighted by molar-refractivity contribution is 0.191. The van der Waals surface area contributed by atoms with E-state index in [0.717, 1.165) is 18.2 Å². The van der Waals surface area contributed by atoms with Crippen LogP contribution in [0.15, 0.2) is 60.9 Å². The normalized spacial score (nSPS) is 23.6. The quantitative estimate of drug-likeness (QED) is 0.646. The molecule has 2 heterocycles. The number of nitrogens with zero attached hydrogens (tertiary/aromatic N) is 2. The molecular weight excluding hydrogens is 362 g/mol. The van der Waals surface area contributed by atoms with Crippen LogP contribution in [0.4, 0.5) is 5.69 Å². The van der Waals surface area contributed by atoms with Crippen molar-refractivity contribution < 1.29 is 9.84 Å². The van der Waals surface area contributed by atoms with Gasteiger partial charge in [-0.25, -0.2) is 0 Å². The van der Waals surface area contributed by atoms with E-state index in [0.29, 0.717) is 18.7 Å².